The Labute approximate surface area is 209 Å². The van der Waals surface area contributed by atoms with Crippen LogP contribution in [0.1, 0.15) is 69.0 Å². The Balaban J connectivity index is 1.50. The van der Waals surface area contributed by atoms with Gasteiger partial charge < -0.3 is 20.9 Å². The van der Waals surface area contributed by atoms with Crippen molar-refractivity contribution in [3.05, 3.63) is 48.0 Å². The topological polar surface area (TPSA) is 90.5 Å². The molecule has 1 aliphatic heterocycles. The van der Waals surface area contributed by atoms with Crippen molar-refractivity contribution in [2.75, 3.05) is 13.6 Å². The predicted molar refractivity (Wildman–Crippen MR) is 136 cm³/mol. The predicted octanol–water partition coefficient (Wildman–Crippen LogP) is 2.87. The molecule has 35 heavy (non-hydrogen) atoms. The first kappa shape index (κ1) is 25.4. The Kier molecular flexibility index (Phi) is 8.26. The second kappa shape index (κ2) is 11.4. The molecule has 0 radical (unpaired) electrons. The molecule has 4 rings (SSSR count). The quantitative estimate of drug-likeness (QED) is 0.499. The molecule has 7 heteroatoms. The Morgan fingerprint density at radius 1 is 1.09 bits per heavy atom. The van der Waals surface area contributed by atoms with Crippen molar-refractivity contribution in [1.82, 2.24) is 20.9 Å². The molecule has 2 aliphatic carbocycles. The number of nitrogens with zero attached hydrogens (tertiary/aromatic N) is 1. The number of hydrogen-bond acceptors (Lipinski definition) is 4. The van der Waals surface area contributed by atoms with E-state index in [-0.39, 0.29) is 41.6 Å². The van der Waals surface area contributed by atoms with Gasteiger partial charge in [-0.15, -0.1) is 6.58 Å². The van der Waals surface area contributed by atoms with E-state index in [0.29, 0.717) is 13.0 Å². The Morgan fingerprint density at radius 2 is 1.83 bits per heavy atom. The third-order valence-corrected chi connectivity index (χ3v) is 8.22. The number of hydrogen-bond donors (Lipinski definition) is 3. The Bertz CT molecular complexity index is 942. The first-order chi connectivity index (χ1) is 16.9. The lowest BCUT2D eigenvalue weighted by atomic mass is 9.83. The summed E-state index contributed by atoms with van der Waals surface area (Å²) in [5.41, 5.74) is 2.37. The van der Waals surface area contributed by atoms with Gasteiger partial charge in [0.05, 0.1) is 12.1 Å². The molecule has 1 saturated carbocycles. The summed E-state index contributed by atoms with van der Waals surface area (Å²) in [4.78, 5) is 41.9. The maximum absolute atomic E-state index is 13.9. The smallest absolute Gasteiger partial charge is 0.246 e. The van der Waals surface area contributed by atoms with E-state index < -0.39 is 12.1 Å². The fraction of sp³-hybridized carbons (Fsp3) is 0.607. The maximum Gasteiger partial charge on any atom is 0.246 e. The molecule has 5 atom stereocenters. The van der Waals surface area contributed by atoms with Crippen LogP contribution in [0.25, 0.3) is 0 Å². The molecule has 190 valence electrons. The first-order valence-corrected chi connectivity index (χ1v) is 13.2. The van der Waals surface area contributed by atoms with Gasteiger partial charge in [-0.05, 0) is 63.1 Å². The molecule has 0 aromatic heterocycles. The van der Waals surface area contributed by atoms with Crippen molar-refractivity contribution in [2.24, 2.45) is 11.8 Å². The number of benzene rings is 1. The highest BCUT2D eigenvalue weighted by molar-refractivity contribution is 5.93. The van der Waals surface area contributed by atoms with Crippen LogP contribution >= 0.6 is 0 Å². The lowest BCUT2D eigenvalue weighted by Gasteiger charge is -2.35. The molecular weight excluding hydrogens is 440 g/mol. The number of likely N-dealkylation sites (N-methyl/N-ethyl adjacent to an activating group) is 1. The molecule has 0 unspecified atom stereocenters. The van der Waals surface area contributed by atoms with E-state index in [9.17, 15) is 14.4 Å². The molecule has 0 spiro atoms. The monoisotopic (exact) mass is 480 g/mol. The first-order valence-electron chi connectivity index (χ1n) is 13.2. The highest BCUT2D eigenvalue weighted by Crippen LogP contribution is 2.37. The zero-order valence-electron chi connectivity index (χ0n) is 21.1. The summed E-state index contributed by atoms with van der Waals surface area (Å²) < 4.78 is 0. The number of likely N-dealkylation sites (tertiary alicyclic amines) is 1. The van der Waals surface area contributed by atoms with Gasteiger partial charge in [0.15, 0.2) is 0 Å². The molecule has 3 amide bonds. The molecule has 7 nitrogen and oxygen atoms in total. The van der Waals surface area contributed by atoms with Crippen LogP contribution in [0.5, 0.6) is 0 Å². The molecule has 0 bridgehead atoms. The van der Waals surface area contributed by atoms with E-state index in [0.717, 1.165) is 44.1 Å². The Morgan fingerprint density at radius 3 is 2.54 bits per heavy atom. The lowest BCUT2D eigenvalue weighted by Crippen LogP contribution is -2.58. The summed E-state index contributed by atoms with van der Waals surface area (Å²) in [5.74, 6) is -0.146. The van der Waals surface area contributed by atoms with Crippen LogP contribution in [0.2, 0.25) is 0 Å². The number of fused-ring (bicyclic) bond motifs is 1. The zero-order chi connectivity index (χ0) is 24.9. The molecule has 1 heterocycles. The van der Waals surface area contributed by atoms with Gasteiger partial charge in [-0.3, -0.25) is 14.4 Å². The molecule has 1 aromatic rings. The summed E-state index contributed by atoms with van der Waals surface area (Å²) in [6, 6.07) is 6.59. The van der Waals surface area contributed by atoms with E-state index in [2.05, 4.69) is 34.7 Å². The number of amides is 3. The standard InChI is InChI=1S/C28H40N4O3/c1-4-19-17-21-13-8-9-14-22(21)24(19)30-27(34)23-15-10-16-32(23)28(35)25(20-11-6-5-7-12-20)31-26(33)18(2)29-3/h4,8-9,13-14,18-20,23-25,29H,1,5-7,10-12,15-17H2,2-3H3,(H,30,34)(H,31,33)/t18-,19+,23-,24+,25-/m0/s1. The van der Waals surface area contributed by atoms with Crippen molar-refractivity contribution in [3.8, 4) is 0 Å². The number of rotatable bonds is 8. The van der Waals surface area contributed by atoms with E-state index in [4.69, 9.17) is 0 Å². The van der Waals surface area contributed by atoms with Crippen molar-refractivity contribution >= 4 is 17.7 Å². The van der Waals surface area contributed by atoms with Crippen molar-refractivity contribution in [2.45, 2.75) is 82.5 Å². The van der Waals surface area contributed by atoms with Crippen LogP contribution in [0.15, 0.2) is 36.9 Å². The second-order valence-corrected chi connectivity index (χ2v) is 10.4. The molecular formula is C28H40N4O3. The number of nitrogens with one attached hydrogen (secondary N) is 3. The summed E-state index contributed by atoms with van der Waals surface area (Å²) >= 11 is 0. The van der Waals surface area contributed by atoms with Crippen molar-refractivity contribution in [3.63, 3.8) is 0 Å². The van der Waals surface area contributed by atoms with Gasteiger partial charge in [-0.2, -0.15) is 0 Å². The highest BCUT2D eigenvalue weighted by atomic mass is 16.2. The normalized spacial score (nSPS) is 26.0. The van der Waals surface area contributed by atoms with Gasteiger partial charge in [0.25, 0.3) is 0 Å². The van der Waals surface area contributed by atoms with Gasteiger partial charge in [-0.25, -0.2) is 0 Å². The van der Waals surface area contributed by atoms with Gasteiger partial charge in [-0.1, -0.05) is 49.6 Å². The molecule has 3 N–H and O–H groups in total. The third kappa shape index (κ3) is 5.45. The van der Waals surface area contributed by atoms with Crippen LogP contribution in [-0.2, 0) is 20.8 Å². The molecule has 1 saturated heterocycles. The SMILES string of the molecule is C=C[C@@H]1Cc2ccccc2[C@@H]1NC(=O)[C@@H]1CCCN1C(=O)[C@@H](NC(=O)[C@H](C)NC)C1CCCCC1. The van der Waals surface area contributed by atoms with Gasteiger partial charge in [0.2, 0.25) is 17.7 Å². The van der Waals surface area contributed by atoms with E-state index in [1.54, 1.807) is 18.9 Å². The summed E-state index contributed by atoms with van der Waals surface area (Å²) in [5, 5.41) is 9.24. The van der Waals surface area contributed by atoms with E-state index >= 15 is 0 Å². The zero-order valence-corrected chi connectivity index (χ0v) is 21.1. The third-order valence-electron chi connectivity index (χ3n) is 8.22. The minimum Gasteiger partial charge on any atom is -0.347 e. The van der Waals surface area contributed by atoms with Crippen LogP contribution in [0, 0.1) is 11.8 Å². The summed E-state index contributed by atoms with van der Waals surface area (Å²) in [6.45, 7) is 6.32. The highest BCUT2D eigenvalue weighted by Gasteiger charge is 2.42. The summed E-state index contributed by atoms with van der Waals surface area (Å²) in [7, 11) is 1.74. The fourth-order valence-corrected chi connectivity index (χ4v) is 6.02. The van der Waals surface area contributed by atoms with E-state index in [1.807, 2.05) is 18.2 Å². The molecule has 3 aliphatic rings. The molecule has 2 fully saturated rings. The van der Waals surface area contributed by atoms with Crippen LogP contribution in [0.4, 0.5) is 0 Å². The van der Waals surface area contributed by atoms with Crippen molar-refractivity contribution in [1.29, 1.82) is 0 Å². The van der Waals surface area contributed by atoms with E-state index in [1.165, 1.54) is 12.0 Å². The van der Waals surface area contributed by atoms with Gasteiger partial charge >= 0.3 is 0 Å². The van der Waals surface area contributed by atoms with Crippen LogP contribution in [-0.4, -0.2) is 54.3 Å². The largest absolute Gasteiger partial charge is 0.347 e. The van der Waals surface area contributed by atoms with Crippen LogP contribution < -0.4 is 16.0 Å². The average Bonchev–Trinajstić information content (AvgIpc) is 3.52. The maximum atomic E-state index is 13.9. The minimum absolute atomic E-state index is 0.110. The second-order valence-electron chi connectivity index (χ2n) is 10.4. The van der Waals surface area contributed by atoms with Crippen molar-refractivity contribution < 1.29 is 14.4 Å². The minimum atomic E-state index is -0.583. The Hall–Kier alpha value is -2.67. The van der Waals surface area contributed by atoms with Gasteiger partial charge in [0, 0.05) is 12.5 Å². The lowest BCUT2D eigenvalue weighted by molar-refractivity contribution is -0.143. The molecule has 1 aromatic carbocycles. The van der Waals surface area contributed by atoms with Crippen LogP contribution in [0.3, 0.4) is 0 Å². The fourth-order valence-electron chi connectivity index (χ4n) is 6.02. The average molecular weight is 481 g/mol. The van der Waals surface area contributed by atoms with Gasteiger partial charge in [0.1, 0.15) is 12.1 Å². The number of carbonyl (C=O) groups is 3. The number of carbonyl (C=O) groups excluding carboxylic acids is 3. The summed E-state index contributed by atoms with van der Waals surface area (Å²) in [6.07, 6.45) is 9.36.